The molecule has 4 nitrogen and oxygen atoms in total. The highest BCUT2D eigenvalue weighted by Gasteiger charge is 2.22. The van der Waals surface area contributed by atoms with Crippen LogP contribution in [0.3, 0.4) is 0 Å². The lowest BCUT2D eigenvalue weighted by molar-refractivity contribution is -0.123. The molecule has 0 saturated heterocycles. The number of likely N-dealkylation sites (N-methyl/N-ethyl adjacent to an activating group) is 1. The number of rotatable bonds is 4. The summed E-state index contributed by atoms with van der Waals surface area (Å²) in [6.07, 6.45) is 0. The quantitative estimate of drug-likeness (QED) is 0.920. The maximum atomic E-state index is 12.5. The Balaban J connectivity index is 2.87. The third kappa shape index (κ3) is 5.56. The molecule has 0 aliphatic carbocycles. The Morgan fingerprint density at radius 1 is 1.24 bits per heavy atom. The number of benzene rings is 1. The Hall–Kier alpha value is -1.26. The van der Waals surface area contributed by atoms with Crippen molar-refractivity contribution in [1.29, 1.82) is 0 Å². The minimum absolute atomic E-state index is 0.0184. The van der Waals surface area contributed by atoms with Crippen LogP contribution in [-0.2, 0) is 4.79 Å². The molecular weight excluding hydrogens is 311 g/mol. The summed E-state index contributed by atoms with van der Waals surface area (Å²) in [4.78, 5) is 25.8. The monoisotopic (exact) mass is 330 g/mol. The van der Waals surface area contributed by atoms with Crippen LogP contribution in [-0.4, -0.2) is 35.3 Å². The van der Waals surface area contributed by atoms with Gasteiger partial charge in [-0.1, -0.05) is 23.2 Å². The Morgan fingerprint density at radius 3 is 2.38 bits per heavy atom. The minimum atomic E-state index is -0.340. The highest BCUT2D eigenvalue weighted by atomic mass is 35.5. The second-order valence-electron chi connectivity index (χ2n) is 5.74. The largest absolute Gasteiger partial charge is 0.350 e. The van der Waals surface area contributed by atoms with Crippen LogP contribution in [0.5, 0.6) is 0 Å². The molecule has 0 spiro atoms. The van der Waals surface area contributed by atoms with E-state index in [0.29, 0.717) is 22.2 Å². The first-order valence-corrected chi connectivity index (χ1v) is 7.45. The minimum Gasteiger partial charge on any atom is -0.350 e. The maximum absolute atomic E-state index is 12.5. The van der Waals surface area contributed by atoms with Crippen molar-refractivity contribution in [3.8, 4) is 0 Å². The number of nitrogens with zero attached hydrogens (tertiary/aromatic N) is 1. The molecule has 0 heterocycles. The van der Waals surface area contributed by atoms with Crippen LogP contribution in [0.25, 0.3) is 0 Å². The highest BCUT2D eigenvalue weighted by molar-refractivity contribution is 6.35. The van der Waals surface area contributed by atoms with Gasteiger partial charge in [0, 0.05) is 17.1 Å². The van der Waals surface area contributed by atoms with E-state index in [1.807, 2.05) is 20.8 Å². The molecule has 1 rings (SSSR count). The third-order valence-corrected chi connectivity index (χ3v) is 3.24. The molecule has 0 saturated carbocycles. The van der Waals surface area contributed by atoms with Gasteiger partial charge in [0.2, 0.25) is 5.91 Å². The Kier molecular flexibility index (Phi) is 6.05. The van der Waals surface area contributed by atoms with Crippen molar-refractivity contribution in [2.75, 3.05) is 13.1 Å². The van der Waals surface area contributed by atoms with E-state index in [9.17, 15) is 9.59 Å². The summed E-state index contributed by atoms with van der Waals surface area (Å²) in [5.41, 5.74) is -0.0395. The van der Waals surface area contributed by atoms with Gasteiger partial charge in [0.05, 0.1) is 17.1 Å². The third-order valence-electron chi connectivity index (χ3n) is 2.68. The molecular formula is C15H20Cl2N2O2. The standard InChI is InChI=1S/C15H20Cl2N2O2/c1-5-19(9-13(20)18-15(2,3)4)14(21)11-8-10(16)6-7-12(11)17/h6-8H,5,9H2,1-4H3,(H,18,20). The molecule has 0 aliphatic rings. The van der Waals surface area contributed by atoms with E-state index in [1.165, 1.54) is 11.0 Å². The van der Waals surface area contributed by atoms with Crippen LogP contribution in [0.15, 0.2) is 18.2 Å². The van der Waals surface area contributed by atoms with Crippen LogP contribution in [0.2, 0.25) is 10.0 Å². The average Bonchev–Trinajstić information content (AvgIpc) is 2.36. The molecule has 0 fully saturated rings. The fourth-order valence-corrected chi connectivity index (χ4v) is 2.16. The fourth-order valence-electron chi connectivity index (χ4n) is 1.79. The number of carbonyl (C=O) groups excluding carboxylic acids is 2. The number of nitrogens with one attached hydrogen (secondary N) is 1. The van der Waals surface area contributed by atoms with E-state index >= 15 is 0 Å². The summed E-state index contributed by atoms with van der Waals surface area (Å²) in [6.45, 7) is 7.85. The average molecular weight is 331 g/mol. The second-order valence-corrected chi connectivity index (χ2v) is 6.59. The molecule has 21 heavy (non-hydrogen) atoms. The van der Waals surface area contributed by atoms with Crippen molar-refractivity contribution in [3.05, 3.63) is 33.8 Å². The van der Waals surface area contributed by atoms with Gasteiger partial charge in [0.25, 0.3) is 5.91 Å². The van der Waals surface area contributed by atoms with Crippen molar-refractivity contribution in [2.24, 2.45) is 0 Å². The van der Waals surface area contributed by atoms with Crippen molar-refractivity contribution in [3.63, 3.8) is 0 Å². The topological polar surface area (TPSA) is 49.4 Å². The van der Waals surface area contributed by atoms with Crippen LogP contribution in [0.4, 0.5) is 0 Å². The Bertz CT molecular complexity index is 539. The van der Waals surface area contributed by atoms with Crippen molar-refractivity contribution < 1.29 is 9.59 Å². The normalized spacial score (nSPS) is 11.1. The first-order valence-electron chi connectivity index (χ1n) is 6.69. The van der Waals surface area contributed by atoms with Crippen molar-refractivity contribution in [2.45, 2.75) is 33.2 Å². The van der Waals surface area contributed by atoms with E-state index in [0.717, 1.165) is 0 Å². The zero-order valence-electron chi connectivity index (χ0n) is 12.7. The Morgan fingerprint density at radius 2 is 1.86 bits per heavy atom. The summed E-state index contributed by atoms with van der Waals surface area (Å²) in [5.74, 6) is -0.523. The summed E-state index contributed by atoms with van der Waals surface area (Å²) < 4.78 is 0. The number of amides is 2. The van der Waals surface area contributed by atoms with Crippen LogP contribution in [0, 0.1) is 0 Å². The molecule has 6 heteroatoms. The van der Waals surface area contributed by atoms with Gasteiger partial charge in [-0.2, -0.15) is 0 Å². The Labute approximate surface area is 135 Å². The predicted octanol–water partition coefficient (Wildman–Crippen LogP) is 3.37. The van der Waals surface area contributed by atoms with Gasteiger partial charge < -0.3 is 10.2 Å². The van der Waals surface area contributed by atoms with E-state index < -0.39 is 0 Å². The van der Waals surface area contributed by atoms with Gasteiger partial charge in [-0.15, -0.1) is 0 Å². The lowest BCUT2D eigenvalue weighted by Crippen LogP contribution is -2.47. The van der Waals surface area contributed by atoms with E-state index in [2.05, 4.69) is 5.32 Å². The van der Waals surface area contributed by atoms with Crippen molar-refractivity contribution >= 4 is 35.0 Å². The summed E-state index contributed by atoms with van der Waals surface area (Å²) >= 11 is 11.9. The smallest absolute Gasteiger partial charge is 0.255 e. The predicted molar refractivity (Wildman–Crippen MR) is 85.9 cm³/mol. The number of carbonyl (C=O) groups is 2. The zero-order valence-corrected chi connectivity index (χ0v) is 14.2. The lowest BCUT2D eigenvalue weighted by Gasteiger charge is -2.25. The molecule has 0 unspecified atom stereocenters. The van der Waals surface area contributed by atoms with Gasteiger partial charge in [-0.25, -0.2) is 0 Å². The molecule has 116 valence electrons. The zero-order chi connectivity index (χ0) is 16.2. The van der Waals surface area contributed by atoms with Gasteiger partial charge in [0.1, 0.15) is 0 Å². The SMILES string of the molecule is CCN(CC(=O)NC(C)(C)C)C(=O)c1cc(Cl)ccc1Cl. The summed E-state index contributed by atoms with van der Waals surface area (Å²) in [5, 5.41) is 3.57. The first-order chi connectivity index (χ1) is 9.64. The lowest BCUT2D eigenvalue weighted by atomic mass is 10.1. The van der Waals surface area contributed by atoms with Gasteiger partial charge >= 0.3 is 0 Å². The molecule has 1 aromatic rings. The number of hydrogen-bond donors (Lipinski definition) is 1. The fraction of sp³-hybridized carbons (Fsp3) is 0.467. The van der Waals surface area contributed by atoms with Crippen LogP contribution >= 0.6 is 23.2 Å². The van der Waals surface area contributed by atoms with Crippen LogP contribution < -0.4 is 5.32 Å². The van der Waals surface area contributed by atoms with E-state index in [-0.39, 0.29) is 23.9 Å². The molecule has 0 aliphatic heterocycles. The molecule has 0 bridgehead atoms. The van der Waals surface area contributed by atoms with Gasteiger partial charge in [0.15, 0.2) is 0 Å². The molecule has 1 N–H and O–H groups in total. The molecule has 0 aromatic heterocycles. The molecule has 2 amide bonds. The number of halogens is 2. The maximum Gasteiger partial charge on any atom is 0.255 e. The summed E-state index contributed by atoms with van der Waals surface area (Å²) in [7, 11) is 0. The van der Waals surface area contributed by atoms with E-state index in [1.54, 1.807) is 19.1 Å². The first kappa shape index (κ1) is 17.8. The van der Waals surface area contributed by atoms with Gasteiger partial charge in [-0.05, 0) is 45.9 Å². The van der Waals surface area contributed by atoms with Crippen LogP contribution in [0.1, 0.15) is 38.1 Å². The highest BCUT2D eigenvalue weighted by Crippen LogP contribution is 2.22. The number of hydrogen-bond acceptors (Lipinski definition) is 2. The van der Waals surface area contributed by atoms with E-state index in [4.69, 9.17) is 23.2 Å². The second kappa shape index (κ2) is 7.14. The molecule has 1 aromatic carbocycles. The molecule has 0 atom stereocenters. The molecule has 0 radical (unpaired) electrons. The van der Waals surface area contributed by atoms with Crippen molar-refractivity contribution in [1.82, 2.24) is 10.2 Å². The van der Waals surface area contributed by atoms with Gasteiger partial charge in [-0.3, -0.25) is 9.59 Å². The summed E-state index contributed by atoms with van der Waals surface area (Å²) in [6, 6.07) is 4.69.